The highest BCUT2D eigenvalue weighted by Crippen LogP contribution is 2.30. The first kappa shape index (κ1) is 18.7. The predicted octanol–water partition coefficient (Wildman–Crippen LogP) is 3.01. The predicted molar refractivity (Wildman–Crippen MR) is 109 cm³/mol. The third-order valence-electron chi connectivity index (χ3n) is 5.45. The standard InChI is InChI=1S/C21H28N6O/c1-2-22-21(28)27-14-10-17-16(15-27)20(26-12-7-3-4-8-13-26)25-19(24-17)18-9-5-6-11-23-18/h5-6,9,11H,2-4,7-8,10,12-15H2,1H3,(H,22,28). The number of aromatic nitrogens is 3. The summed E-state index contributed by atoms with van der Waals surface area (Å²) < 4.78 is 0. The zero-order chi connectivity index (χ0) is 19.3. The van der Waals surface area contributed by atoms with Crippen molar-refractivity contribution in [2.75, 3.05) is 31.1 Å². The molecule has 0 spiro atoms. The molecule has 0 unspecified atom stereocenters. The molecule has 2 aromatic heterocycles. The second-order valence-electron chi connectivity index (χ2n) is 7.42. The van der Waals surface area contributed by atoms with E-state index in [0.717, 1.165) is 42.3 Å². The highest BCUT2D eigenvalue weighted by atomic mass is 16.2. The molecule has 0 aliphatic carbocycles. The van der Waals surface area contributed by atoms with Crippen LogP contribution in [0, 0.1) is 0 Å². The Morgan fingerprint density at radius 1 is 1.11 bits per heavy atom. The van der Waals surface area contributed by atoms with Crippen molar-refractivity contribution in [3.05, 3.63) is 35.7 Å². The number of pyridine rings is 1. The summed E-state index contributed by atoms with van der Waals surface area (Å²) in [6.45, 7) is 5.84. The van der Waals surface area contributed by atoms with Crippen LogP contribution in [0.5, 0.6) is 0 Å². The van der Waals surface area contributed by atoms with E-state index >= 15 is 0 Å². The van der Waals surface area contributed by atoms with E-state index in [2.05, 4.69) is 15.2 Å². The summed E-state index contributed by atoms with van der Waals surface area (Å²) in [5.74, 6) is 1.67. The lowest BCUT2D eigenvalue weighted by molar-refractivity contribution is 0.192. The Morgan fingerprint density at radius 3 is 2.64 bits per heavy atom. The van der Waals surface area contributed by atoms with E-state index in [-0.39, 0.29) is 6.03 Å². The number of anilines is 1. The van der Waals surface area contributed by atoms with Gasteiger partial charge in [0.25, 0.3) is 0 Å². The average Bonchev–Trinajstić information content (AvgIpc) is 3.03. The SMILES string of the molecule is CCNC(=O)N1CCc2nc(-c3ccccn3)nc(N3CCCCCC3)c2C1. The van der Waals surface area contributed by atoms with Crippen molar-refractivity contribution in [1.82, 2.24) is 25.2 Å². The summed E-state index contributed by atoms with van der Waals surface area (Å²) in [5.41, 5.74) is 2.95. The van der Waals surface area contributed by atoms with Gasteiger partial charge in [-0.1, -0.05) is 18.9 Å². The lowest BCUT2D eigenvalue weighted by Gasteiger charge is -2.32. The Hall–Kier alpha value is -2.70. The second-order valence-corrected chi connectivity index (χ2v) is 7.42. The minimum atomic E-state index is -0.0104. The van der Waals surface area contributed by atoms with Crippen LogP contribution >= 0.6 is 0 Å². The first-order valence-corrected chi connectivity index (χ1v) is 10.3. The lowest BCUT2D eigenvalue weighted by atomic mass is 10.1. The van der Waals surface area contributed by atoms with Crippen molar-refractivity contribution in [2.45, 2.75) is 45.6 Å². The van der Waals surface area contributed by atoms with Crippen LogP contribution in [0.1, 0.15) is 43.9 Å². The molecule has 0 bridgehead atoms. The van der Waals surface area contributed by atoms with E-state index in [1.165, 1.54) is 25.7 Å². The number of urea groups is 1. The van der Waals surface area contributed by atoms with Gasteiger partial charge in [-0.05, 0) is 31.9 Å². The molecular formula is C21H28N6O. The van der Waals surface area contributed by atoms with Gasteiger partial charge in [-0.3, -0.25) is 4.98 Å². The van der Waals surface area contributed by atoms with Gasteiger partial charge in [0.2, 0.25) is 0 Å². The number of carbonyl (C=O) groups excluding carboxylic acids is 1. The van der Waals surface area contributed by atoms with Crippen molar-refractivity contribution in [3.63, 3.8) is 0 Å². The smallest absolute Gasteiger partial charge is 0.317 e. The third kappa shape index (κ3) is 3.93. The largest absolute Gasteiger partial charge is 0.356 e. The van der Waals surface area contributed by atoms with Crippen molar-refractivity contribution >= 4 is 11.8 Å². The van der Waals surface area contributed by atoms with Crippen LogP contribution in [0.3, 0.4) is 0 Å². The molecule has 1 saturated heterocycles. The van der Waals surface area contributed by atoms with Crippen molar-refractivity contribution in [2.24, 2.45) is 0 Å². The highest BCUT2D eigenvalue weighted by Gasteiger charge is 2.28. The number of hydrogen-bond acceptors (Lipinski definition) is 5. The number of hydrogen-bond donors (Lipinski definition) is 1. The van der Waals surface area contributed by atoms with E-state index in [0.29, 0.717) is 25.5 Å². The Bertz CT molecular complexity index is 817. The van der Waals surface area contributed by atoms with Gasteiger partial charge in [-0.2, -0.15) is 0 Å². The summed E-state index contributed by atoms with van der Waals surface area (Å²) in [6.07, 6.45) is 7.41. The number of carbonyl (C=O) groups is 1. The zero-order valence-corrected chi connectivity index (χ0v) is 16.5. The fourth-order valence-electron chi connectivity index (χ4n) is 3.99. The molecule has 2 aliphatic heterocycles. The molecule has 4 rings (SSSR count). The fourth-order valence-corrected chi connectivity index (χ4v) is 3.99. The molecule has 2 aromatic rings. The first-order chi connectivity index (χ1) is 13.8. The molecule has 28 heavy (non-hydrogen) atoms. The lowest BCUT2D eigenvalue weighted by Crippen LogP contribution is -2.43. The van der Waals surface area contributed by atoms with E-state index in [1.807, 2.05) is 30.0 Å². The summed E-state index contributed by atoms with van der Waals surface area (Å²) in [5, 5.41) is 2.91. The molecule has 2 amide bonds. The Kier molecular flexibility index (Phi) is 5.69. The van der Waals surface area contributed by atoms with Gasteiger partial charge in [0.15, 0.2) is 5.82 Å². The van der Waals surface area contributed by atoms with Gasteiger partial charge >= 0.3 is 6.03 Å². The molecule has 0 saturated carbocycles. The van der Waals surface area contributed by atoms with E-state index in [1.54, 1.807) is 6.20 Å². The topological polar surface area (TPSA) is 74.2 Å². The average molecular weight is 380 g/mol. The van der Waals surface area contributed by atoms with Crippen molar-refractivity contribution in [1.29, 1.82) is 0 Å². The fraction of sp³-hybridized carbons (Fsp3) is 0.524. The Balaban J connectivity index is 1.73. The first-order valence-electron chi connectivity index (χ1n) is 10.3. The van der Waals surface area contributed by atoms with Crippen molar-refractivity contribution in [3.8, 4) is 11.5 Å². The van der Waals surface area contributed by atoms with Gasteiger partial charge in [-0.15, -0.1) is 0 Å². The minimum absolute atomic E-state index is 0.0104. The molecule has 148 valence electrons. The molecular weight excluding hydrogens is 352 g/mol. The number of nitrogens with zero attached hydrogens (tertiary/aromatic N) is 5. The molecule has 4 heterocycles. The number of amides is 2. The minimum Gasteiger partial charge on any atom is -0.356 e. The quantitative estimate of drug-likeness (QED) is 0.886. The maximum atomic E-state index is 12.4. The summed E-state index contributed by atoms with van der Waals surface area (Å²) in [6, 6.07) is 5.82. The van der Waals surface area contributed by atoms with Gasteiger partial charge in [0.1, 0.15) is 11.5 Å². The third-order valence-corrected chi connectivity index (χ3v) is 5.45. The Labute approximate surface area is 166 Å². The van der Waals surface area contributed by atoms with Crippen LogP contribution in [0.4, 0.5) is 10.6 Å². The summed E-state index contributed by atoms with van der Waals surface area (Å²) in [7, 11) is 0. The molecule has 0 atom stereocenters. The molecule has 0 aromatic carbocycles. The van der Waals surface area contributed by atoms with Crippen LogP contribution in [-0.2, 0) is 13.0 Å². The highest BCUT2D eigenvalue weighted by molar-refractivity contribution is 5.75. The molecule has 7 heteroatoms. The maximum absolute atomic E-state index is 12.4. The van der Waals surface area contributed by atoms with Crippen molar-refractivity contribution < 1.29 is 4.79 Å². The molecule has 0 radical (unpaired) electrons. The summed E-state index contributed by atoms with van der Waals surface area (Å²) in [4.78, 5) is 30.9. The Morgan fingerprint density at radius 2 is 1.93 bits per heavy atom. The molecule has 1 N–H and O–H groups in total. The maximum Gasteiger partial charge on any atom is 0.317 e. The van der Waals surface area contributed by atoms with E-state index < -0.39 is 0 Å². The van der Waals surface area contributed by atoms with Crippen LogP contribution in [-0.4, -0.2) is 52.1 Å². The zero-order valence-electron chi connectivity index (χ0n) is 16.5. The number of rotatable bonds is 3. The number of fused-ring (bicyclic) bond motifs is 1. The molecule has 1 fully saturated rings. The van der Waals surface area contributed by atoms with Crippen LogP contribution in [0.25, 0.3) is 11.5 Å². The normalized spacial score (nSPS) is 17.0. The number of nitrogens with one attached hydrogen (secondary N) is 1. The second kappa shape index (κ2) is 8.54. The van der Waals surface area contributed by atoms with Gasteiger partial charge in [0, 0.05) is 44.4 Å². The van der Waals surface area contributed by atoms with Gasteiger partial charge < -0.3 is 15.1 Å². The molecule has 2 aliphatic rings. The van der Waals surface area contributed by atoms with Gasteiger partial charge in [0.05, 0.1) is 12.2 Å². The molecule has 7 nitrogen and oxygen atoms in total. The van der Waals surface area contributed by atoms with E-state index in [4.69, 9.17) is 9.97 Å². The van der Waals surface area contributed by atoms with Crippen LogP contribution < -0.4 is 10.2 Å². The van der Waals surface area contributed by atoms with Gasteiger partial charge in [-0.25, -0.2) is 14.8 Å². The summed E-state index contributed by atoms with van der Waals surface area (Å²) >= 11 is 0. The monoisotopic (exact) mass is 380 g/mol. The van der Waals surface area contributed by atoms with Crippen LogP contribution in [0.15, 0.2) is 24.4 Å². The van der Waals surface area contributed by atoms with E-state index in [9.17, 15) is 4.79 Å². The van der Waals surface area contributed by atoms with Crippen LogP contribution in [0.2, 0.25) is 0 Å².